The molecule has 1 heterocycles. The summed E-state index contributed by atoms with van der Waals surface area (Å²) in [5.74, 6) is -1.32. The number of aromatic nitrogens is 3. The molecule has 1 rings (SSSR count). The number of carbonyl (C=O) groups is 2. The lowest BCUT2D eigenvalue weighted by Crippen LogP contribution is -2.28. The Labute approximate surface area is 98.8 Å². The quantitative estimate of drug-likeness (QED) is 0.733. The summed E-state index contributed by atoms with van der Waals surface area (Å²) in [6.07, 6.45) is 1.30. The highest BCUT2D eigenvalue weighted by Gasteiger charge is 2.19. The molecule has 0 radical (unpaired) electrons. The van der Waals surface area contributed by atoms with Crippen molar-refractivity contribution in [3.63, 3.8) is 0 Å². The number of amides is 1. The Kier molecular flexibility index (Phi) is 4.62. The molecule has 0 aliphatic rings. The van der Waals surface area contributed by atoms with Crippen LogP contribution in [0.4, 0.5) is 0 Å². The van der Waals surface area contributed by atoms with Gasteiger partial charge in [-0.3, -0.25) is 4.79 Å². The molecule has 0 spiro atoms. The lowest BCUT2D eigenvalue weighted by Gasteiger charge is -2.05. The van der Waals surface area contributed by atoms with Gasteiger partial charge in [0.1, 0.15) is 6.54 Å². The normalized spacial score (nSPS) is 10.2. The molecule has 0 saturated heterocycles. The van der Waals surface area contributed by atoms with Crippen LogP contribution in [0.5, 0.6) is 0 Å². The molecule has 1 amide bonds. The van der Waals surface area contributed by atoms with E-state index in [-0.39, 0.29) is 18.1 Å². The van der Waals surface area contributed by atoms with Crippen LogP contribution < -0.4 is 5.32 Å². The van der Waals surface area contributed by atoms with Crippen LogP contribution in [-0.2, 0) is 17.8 Å². The maximum atomic E-state index is 11.4. The number of nitrogens with one attached hydrogen (secondary N) is 1. The number of carbonyl (C=O) groups excluding carboxylic acids is 1. The molecule has 17 heavy (non-hydrogen) atoms. The van der Waals surface area contributed by atoms with E-state index in [2.05, 4.69) is 15.6 Å². The molecule has 0 unspecified atom stereocenters. The van der Waals surface area contributed by atoms with Gasteiger partial charge in [-0.25, -0.2) is 9.48 Å². The van der Waals surface area contributed by atoms with Gasteiger partial charge in [-0.15, -0.1) is 5.10 Å². The fourth-order valence-electron chi connectivity index (χ4n) is 1.50. The Morgan fingerprint density at radius 2 is 2.12 bits per heavy atom. The third kappa shape index (κ3) is 3.27. The molecular formula is C10H16N4O3. The van der Waals surface area contributed by atoms with Gasteiger partial charge in [0.2, 0.25) is 5.91 Å². The van der Waals surface area contributed by atoms with Gasteiger partial charge in [0.25, 0.3) is 0 Å². The Bertz CT molecular complexity index is 414. The highest BCUT2D eigenvalue weighted by atomic mass is 16.4. The summed E-state index contributed by atoms with van der Waals surface area (Å²) in [7, 11) is 0. The van der Waals surface area contributed by atoms with Gasteiger partial charge in [0.05, 0.1) is 5.69 Å². The summed E-state index contributed by atoms with van der Waals surface area (Å²) < 4.78 is 1.35. The van der Waals surface area contributed by atoms with Crippen LogP contribution in [0.2, 0.25) is 0 Å². The summed E-state index contributed by atoms with van der Waals surface area (Å²) in [5.41, 5.74) is 0.419. The zero-order chi connectivity index (χ0) is 12.8. The van der Waals surface area contributed by atoms with Gasteiger partial charge >= 0.3 is 5.97 Å². The van der Waals surface area contributed by atoms with E-state index in [0.29, 0.717) is 18.7 Å². The average Bonchev–Trinajstić information content (AvgIpc) is 2.63. The molecule has 7 nitrogen and oxygen atoms in total. The van der Waals surface area contributed by atoms with E-state index in [1.165, 1.54) is 4.68 Å². The maximum absolute atomic E-state index is 11.4. The first-order valence-electron chi connectivity index (χ1n) is 5.52. The van der Waals surface area contributed by atoms with E-state index >= 15 is 0 Å². The summed E-state index contributed by atoms with van der Waals surface area (Å²) in [6, 6.07) is 0. The first-order chi connectivity index (χ1) is 8.10. The molecule has 0 aliphatic heterocycles. The number of aromatic carboxylic acids is 1. The zero-order valence-corrected chi connectivity index (χ0v) is 9.93. The smallest absolute Gasteiger partial charge is 0.358 e. The molecule has 2 N–H and O–H groups in total. The molecule has 0 aliphatic carbocycles. The second-order valence-electron chi connectivity index (χ2n) is 3.55. The highest BCUT2D eigenvalue weighted by molar-refractivity contribution is 5.86. The molecule has 0 saturated carbocycles. The van der Waals surface area contributed by atoms with Gasteiger partial charge in [-0.05, 0) is 13.3 Å². The van der Waals surface area contributed by atoms with Crippen molar-refractivity contribution in [2.24, 2.45) is 0 Å². The average molecular weight is 240 g/mol. The van der Waals surface area contributed by atoms with Crippen molar-refractivity contribution in [2.45, 2.75) is 33.2 Å². The fraction of sp³-hybridized carbons (Fsp3) is 0.600. The molecule has 0 bridgehead atoms. The number of rotatable bonds is 6. The minimum atomic E-state index is -1.12. The number of hydrogen-bond acceptors (Lipinski definition) is 4. The number of nitrogens with zero attached hydrogens (tertiary/aromatic N) is 3. The predicted molar refractivity (Wildman–Crippen MR) is 59.7 cm³/mol. The zero-order valence-electron chi connectivity index (χ0n) is 9.93. The van der Waals surface area contributed by atoms with E-state index in [1.807, 2.05) is 13.8 Å². The van der Waals surface area contributed by atoms with Crippen molar-refractivity contribution in [3.8, 4) is 0 Å². The van der Waals surface area contributed by atoms with E-state index in [1.54, 1.807) is 0 Å². The van der Waals surface area contributed by atoms with E-state index < -0.39 is 5.97 Å². The van der Waals surface area contributed by atoms with Crippen LogP contribution in [0.3, 0.4) is 0 Å². The van der Waals surface area contributed by atoms with Crippen LogP contribution in [0.15, 0.2) is 0 Å². The van der Waals surface area contributed by atoms with Gasteiger partial charge in [-0.2, -0.15) is 0 Å². The van der Waals surface area contributed by atoms with Crippen molar-refractivity contribution in [1.29, 1.82) is 0 Å². The number of carboxylic acids is 1. The minimum absolute atomic E-state index is 0.00343. The van der Waals surface area contributed by atoms with Crippen LogP contribution in [0.1, 0.15) is 36.5 Å². The lowest BCUT2D eigenvalue weighted by atomic mass is 10.2. The van der Waals surface area contributed by atoms with Crippen molar-refractivity contribution in [1.82, 2.24) is 20.3 Å². The van der Waals surface area contributed by atoms with Gasteiger partial charge in [0, 0.05) is 6.54 Å². The molecule has 1 aromatic heterocycles. The second-order valence-corrected chi connectivity index (χ2v) is 3.55. The van der Waals surface area contributed by atoms with E-state index in [0.717, 1.165) is 6.42 Å². The van der Waals surface area contributed by atoms with Crippen LogP contribution in [0, 0.1) is 0 Å². The molecule has 0 atom stereocenters. The van der Waals surface area contributed by atoms with Crippen molar-refractivity contribution in [3.05, 3.63) is 11.4 Å². The first-order valence-corrected chi connectivity index (χ1v) is 5.52. The highest BCUT2D eigenvalue weighted by Crippen LogP contribution is 2.08. The van der Waals surface area contributed by atoms with Gasteiger partial charge in [0.15, 0.2) is 5.69 Å². The van der Waals surface area contributed by atoms with Crippen molar-refractivity contribution in [2.75, 3.05) is 6.54 Å². The Balaban J connectivity index is 2.91. The molecule has 0 fully saturated rings. The van der Waals surface area contributed by atoms with Crippen molar-refractivity contribution < 1.29 is 14.7 Å². The van der Waals surface area contributed by atoms with Crippen LogP contribution >= 0.6 is 0 Å². The topological polar surface area (TPSA) is 97.1 Å². The first kappa shape index (κ1) is 13.1. The summed E-state index contributed by atoms with van der Waals surface area (Å²) in [6.45, 7) is 4.27. The third-order valence-corrected chi connectivity index (χ3v) is 2.19. The number of carboxylic acid groups (broad SMARTS) is 1. The maximum Gasteiger partial charge on any atom is 0.358 e. The lowest BCUT2D eigenvalue weighted by molar-refractivity contribution is -0.121. The second kappa shape index (κ2) is 5.97. The van der Waals surface area contributed by atoms with Gasteiger partial charge < -0.3 is 10.4 Å². The minimum Gasteiger partial charge on any atom is -0.476 e. The number of likely N-dealkylation sites (N-methyl/N-ethyl adjacent to an activating group) is 1. The Hall–Kier alpha value is -1.92. The van der Waals surface area contributed by atoms with Gasteiger partial charge in [-0.1, -0.05) is 18.6 Å². The SMILES string of the molecule is CCCc1c(C(=O)O)nnn1CC(=O)NCC. The molecule has 1 aromatic rings. The number of hydrogen-bond donors (Lipinski definition) is 2. The molecule has 7 heteroatoms. The van der Waals surface area contributed by atoms with Crippen LogP contribution in [-0.4, -0.2) is 38.5 Å². The monoisotopic (exact) mass is 240 g/mol. The Morgan fingerprint density at radius 3 is 2.65 bits per heavy atom. The third-order valence-electron chi connectivity index (χ3n) is 2.19. The van der Waals surface area contributed by atoms with Crippen molar-refractivity contribution >= 4 is 11.9 Å². The summed E-state index contributed by atoms with van der Waals surface area (Å²) in [5, 5.41) is 18.8. The van der Waals surface area contributed by atoms with E-state index in [4.69, 9.17) is 5.11 Å². The largest absolute Gasteiger partial charge is 0.476 e. The summed E-state index contributed by atoms with van der Waals surface area (Å²) >= 11 is 0. The fourth-order valence-corrected chi connectivity index (χ4v) is 1.50. The Morgan fingerprint density at radius 1 is 1.41 bits per heavy atom. The molecule has 94 valence electrons. The molecule has 0 aromatic carbocycles. The standard InChI is InChI=1S/C10H16N4O3/c1-3-5-7-9(10(16)17)12-13-14(7)6-8(15)11-4-2/h3-6H2,1-2H3,(H,11,15)(H,16,17). The molecular weight excluding hydrogens is 224 g/mol. The summed E-state index contributed by atoms with van der Waals surface area (Å²) in [4.78, 5) is 22.3. The van der Waals surface area contributed by atoms with Crippen LogP contribution in [0.25, 0.3) is 0 Å². The van der Waals surface area contributed by atoms with E-state index in [9.17, 15) is 9.59 Å². The predicted octanol–water partition coefficient (Wildman–Crippen LogP) is 0.0649.